The number of anilines is 1. The van der Waals surface area contributed by atoms with Gasteiger partial charge in [-0.1, -0.05) is 0 Å². The number of nitrogens with zero attached hydrogens (tertiary/aromatic N) is 6. The average Bonchev–Trinajstić information content (AvgIpc) is 3.29. The summed E-state index contributed by atoms with van der Waals surface area (Å²) in [6.45, 7) is 5.42. The molecule has 30 heavy (non-hydrogen) atoms. The van der Waals surface area contributed by atoms with Gasteiger partial charge >= 0.3 is 12.1 Å². The van der Waals surface area contributed by atoms with Crippen LogP contribution in [0.1, 0.15) is 25.1 Å². The summed E-state index contributed by atoms with van der Waals surface area (Å²) >= 11 is 0. The monoisotopic (exact) mass is 426 g/mol. The van der Waals surface area contributed by atoms with Gasteiger partial charge in [0.2, 0.25) is 5.95 Å². The number of rotatable bonds is 3. The van der Waals surface area contributed by atoms with Crippen LogP contribution < -0.4 is 4.90 Å². The molecule has 1 spiro atoms. The average molecular weight is 426 g/mol. The normalized spacial score (nSPS) is 22.1. The van der Waals surface area contributed by atoms with Crippen molar-refractivity contribution in [2.45, 2.75) is 32.0 Å². The van der Waals surface area contributed by atoms with Crippen LogP contribution in [0.5, 0.6) is 0 Å². The summed E-state index contributed by atoms with van der Waals surface area (Å²) in [7, 11) is 2.07. The van der Waals surface area contributed by atoms with Crippen LogP contribution in [-0.4, -0.2) is 67.9 Å². The minimum atomic E-state index is -5.08. The largest absolute Gasteiger partial charge is 0.490 e. The van der Waals surface area contributed by atoms with Crippen molar-refractivity contribution >= 4 is 11.9 Å². The molecule has 1 atom stereocenters. The van der Waals surface area contributed by atoms with Gasteiger partial charge in [0.1, 0.15) is 5.82 Å². The maximum absolute atomic E-state index is 10.6. The van der Waals surface area contributed by atoms with Crippen molar-refractivity contribution in [3.63, 3.8) is 0 Å². The van der Waals surface area contributed by atoms with Crippen molar-refractivity contribution in [1.82, 2.24) is 24.4 Å². The summed E-state index contributed by atoms with van der Waals surface area (Å²) in [6.07, 6.45) is 6.31. The Balaban J connectivity index is 0.000000318. The Kier molecular flexibility index (Phi) is 6.59. The van der Waals surface area contributed by atoms with Gasteiger partial charge in [-0.15, -0.1) is 0 Å². The summed E-state index contributed by atoms with van der Waals surface area (Å²) < 4.78 is 33.9. The van der Waals surface area contributed by atoms with E-state index in [1.54, 1.807) is 0 Å². The third kappa shape index (κ3) is 5.47. The van der Waals surface area contributed by atoms with Crippen LogP contribution in [0.4, 0.5) is 19.1 Å². The van der Waals surface area contributed by atoms with E-state index in [4.69, 9.17) is 9.90 Å². The number of carboxylic acid groups (broad SMARTS) is 1. The Hall–Kier alpha value is -2.69. The maximum Gasteiger partial charge on any atom is 0.490 e. The molecule has 2 aliphatic rings. The summed E-state index contributed by atoms with van der Waals surface area (Å²) in [6, 6.07) is 1.88. The van der Waals surface area contributed by atoms with Gasteiger partial charge < -0.3 is 14.6 Å². The molecule has 2 aliphatic heterocycles. The number of aromatic nitrogens is 4. The van der Waals surface area contributed by atoms with Crippen LogP contribution in [-0.2, 0) is 18.4 Å². The molecule has 2 aromatic rings. The van der Waals surface area contributed by atoms with Gasteiger partial charge in [-0.2, -0.15) is 13.2 Å². The van der Waals surface area contributed by atoms with Crippen LogP contribution in [0.2, 0.25) is 0 Å². The van der Waals surface area contributed by atoms with E-state index < -0.39 is 12.1 Å². The fourth-order valence-corrected chi connectivity index (χ4v) is 4.08. The first kappa shape index (κ1) is 22.0. The summed E-state index contributed by atoms with van der Waals surface area (Å²) in [5, 5.41) is 7.12. The van der Waals surface area contributed by atoms with Crippen molar-refractivity contribution in [2.24, 2.45) is 12.5 Å². The number of halogens is 3. The molecule has 11 heteroatoms. The number of likely N-dealkylation sites (tertiary alicyclic amines) is 1. The second-order valence-electron chi connectivity index (χ2n) is 7.79. The highest BCUT2D eigenvalue weighted by Gasteiger charge is 2.42. The third-order valence-corrected chi connectivity index (χ3v) is 5.54. The number of imidazole rings is 1. The van der Waals surface area contributed by atoms with Gasteiger partial charge in [0.15, 0.2) is 0 Å². The van der Waals surface area contributed by atoms with Crippen LogP contribution in [0.3, 0.4) is 0 Å². The molecule has 4 heterocycles. The van der Waals surface area contributed by atoms with Gasteiger partial charge in [0, 0.05) is 56.9 Å². The maximum atomic E-state index is 10.6. The Bertz CT molecular complexity index is 844. The van der Waals surface area contributed by atoms with Crippen molar-refractivity contribution in [3.8, 4) is 0 Å². The lowest BCUT2D eigenvalue weighted by molar-refractivity contribution is -0.192. The topological polar surface area (TPSA) is 87.4 Å². The Morgan fingerprint density at radius 2 is 1.83 bits per heavy atom. The molecule has 1 unspecified atom stereocenters. The van der Waals surface area contributed by atoms with Crippen molar-refractivity contribution < 1.29 is 23.1 Å². The number of aryl methyl sites for hydroxylation is 1. The second kappa shape index (κ2) is 8.99. The second-order valence-corrected chi connectivity index (χ2v) is 7.79. The zero-order chi connectivity index (χ0) is 21.8. The highest BCUT2D eigenvalue weighted by atomic mass is 19.4. The molecular formula is C19H25F3N6O2. The fraction of sp³-hybridized carbons (Fsp3) is 0.579. The predicted octanol–water partition coefficient (Wildman–Crippen LogP) is 2.34. The number of carbonyl (C=O) groups is 1. The van der Waals surface area contributed by atoms with Crippen LogP contribution in [0.15, 0.2) is 30.9 Å². The third-order valence-electron chi connectivity index (χ3n) is 5.54. The highest BCUT2D eigenvalue weighted by molar-refractivity contribution is 5.73. The van der Waals surface area contributed by atoms with Crippen molar-refractivity contribution in [1.29, 1.82) is 0 Å². The van der Waals surface area contributed by atoms with Gasteiger partial charge in [-0.25, -0.2) is 19.7 Å². The Morgan fingerprint density at radius 1 is 1.13 bits per heavy atom. The van der Waals surface area contributed by atoms with Gasteiger partial charge in [0.25, 0.3) is 0 Å². The fourth-order valence-electron chi connectivity index (χ4n) is 4.08. The zero-order valence-electron chi connectivity index (χ0n) is 16.7. The zero-order valence-corrected chi connectivity index (χ0v) is 16.7. The lowest BCUT2D eigenvalue weighted by Crippen LogP contribution is -2.45. The van der Waals surface area contributed by atoms with Gasteiger partial charge in [0.05, 0.1) is 6.54 Å². The molecule has 8 nitrogen and oxygen atoms in total. The molecule has 0 saturated carbocycles. The van der Waals surface area contributed by atoms with E-state index in [9.17, 15) is 13.2 Å². The number of aliphatic carboxylic acids is 1. The first-order chi connectivity index (χ1) is 14.2. The van der Waals surface area contributed by atoms with Crippen molar-refractivity contribution in [3.05, 3.63) is 36.7 Å². The van der Waals surface area contributed by atoms with E-state index in [-0.39, 0.29) is 0 Å². The molecule has 164 valence electrons. The molecule has 2 fully saturated rings. The predicted molar refractivity (Wildman–Crippen MR) is 103 cm³/mol. The molecule has 1 N–H and O–H groups in total. The minimum Gasteiger partial charge on any atom is -0.475 e. The summed E-state index contributed by atoms with van der Waals surface area (Å²) in [5.74, 6) is -0.720. The standard InChI is InChI=1S/C17H24N6.C2HF3O2/c1-21-11-8-18-15(21)12-22-10-5-17(13-22)4-2-9-23(14-17)16-19-6-3-7-20-16;3-2(4,5)1(6)7/h3,6-8,11H,2,4-5,9-10,12-14H2,1H3;(H,6,7). The number of hydrogen-bond acceptors (Lipinski definition) is 6. The van der Waals surface area contributed by atoms with E-state index in [0.717, 1.165) is 44.5 Å². The van der Waals surface area contributed by atoms with E-state index in [2.05, 4.69) is 36.4 Å². The molecule has 4 rings (SSSR count). The van der Waals surface area contributed by atoms with Crippen LogP contribution in [0.25, 0.3) is 0 Å². The molecule has 0 aliphatic carbocycles. The number of alkyl halides is 3. The summed E-state index contributed by atoms with van der Waals surface area (Å²) in [4.78, 5) is 27.2. The lowest BCUT2D eigenvalue weighted by atomic mass is 9.79. The van der Waals surface area contributed by atoms with E-state index in [0.29, 0.717) is 5.41 Å². The van der Waals surface area contributed by atoms with E-state index in [1.807, 2.05) is 30.9 Å². The van der Waals surface area contributed by atoms with Gasteiger partial charge in [-0.3, -0.25) is 4.90 Å². The summed E-state index contributed by atoms with van der Waals surface area (Å²) in [5.41, 5.74) is 0.391. The molecule has 2 saturated heterocycles. The van der Waals surface area contributed by atoms with E-state index in [1.165, 1.54) is 19.3 Å². The molecule has 0 aromatic carbocycles. The highest BCUT2D eigenvalue weighted by Crippen LogP contribution is 2.40. The first-order valence-electron chi connectivity index (χ1n) is 9.69. The quantitative estimate of drug-likeness (QED) is 0.806. The lowest BCUT2D eigenvalue weighted by Gasteiger charge is -2.40. The molecule has 0 bridgehead atoms. The Labute approximate surface area is 172 Å². The number of carboxylic acids is 1. The Morgan fingerprint density at radius 3 is 2.43 bits per heavy atom. The SMILES string of the molecule is Cn1ccnc1CN1CCC2(CCCN(c3ncccn3)C2)C1.O=C(O)C(F)(F)F. The first-order valence-corrected chi connectivity index (χ1v) is 9.69. The molecule has 0 radical (unpaired) electrons. The van der Waals surface area contributed by atoms with Crippen LogP contribution >= 0.6 is 0 Å². The molecule has 2 aromatic heterocycles. The number of hydrogen-bond donors (Lipinski definition) is 1. The number of piperidine rings is 1. The van der Waals surface area contributed by atoms with Crippen molar-refractivity contribution in [2.75, 3.05) is 31.1 Å². The molecular weight excluding hydrogens is 401 g/mol. The van der Waals surface area contributed by atoms with E-state index >= 15 is 0 Å². The molecule has 0 amide bonds. The minimum absolute atomic E-state index is 0.391. The smallest absolute Gasteiger partial charge is 0.475 e. The van der Waals surface area contributed by atoms with Gasteiger partial charge in [-0.05, 0) is 31.9 Å². The van der Waals surface area contributed by atoms with Crippen LogP contribution in [0, 0.1) is 5.41 Å².